The van der Waals surface area contributed by atoms with Gasteiger partial charge in [-0.05, 0) is 25.8 Å². The van der Waals surface area contributed by atoms with Crippen LogP contribution in [-0.2, 0) is 0 Å². The van der Waals surface area contributed by atoms with Crippen molar-refractivity contribution >= 4 is 11.5 Å². The van der Waals surface area contributed by atoms with Gasteiger partial charge in [-0.1, -0.05) is 0 Å². The fourth-order valence-electron chi connectivity index (χ4n) is 1.89. The van der Waals surface area contributed by atoms with Crippen molar-refractivity contribution in [2.45, 2.75) is 32.0 Å². The van der Waals surface area contributed by atoms with Crippen molar-refractivity contribution in [2.75, 3.05) is 23.3 Å². The summed E-state index contributed by atoms with van der Waals surface area (Å²) in [6, 6.07) is 3.32. The van der Waals surface area contributed by atoms with Crippen LogP contribution in [-0.4, -0.2) is 30.3 Å². The second-order valence-electron chi connectivity index (χ2n) is 4.40. The molecule has 0 amide bonds. The largest absolute Gasteiger partial charge is 0.405 e. The van der Waals surface area contributed by atoms with Gasteiger partial charge in [0.05, 0.1) is 0 Å². The van der Waals surface area contributed by atoms with Gasteiger partial charge in [0, 0.05) is 30.5 Å². The van der Waals surface area contributed by atoms with E-state index in [-0.39, 0.29) is 6.04 Å². The molecule has 0 spiro atoms. The van der Waals surface area contributed by atoms with Crippen molar-refractivity contribution < 1.29 is 13.2 Å². The molecule has 0 bridgehead atoms. The molecule has 0 aliphatic heterocycles. The summed E-state index contributed by atoms with van der Waals surface area (Å²) in [7, 11) is 0. The second-order valence-corrected chi connectivity index (χ2v) is 4.40. The first-order valence-corrected chi connectivity index (χ1v) is 6.03. The van der Waals surface area contributed by atoms with Gasteiger partial charge in [0.25, 0.3) is 0 Å². The van der Waals surface area contributed by atoms with Crippen molar-refractivity contribution in [1.82, 2.24) is 4.98 Å². The van der Waals surface area contributed by atoms with E-state index in [9.17, 15) is 13.2 Å². The van der Waals surface area contributed by atoms with Crippen LogP contribution in [0.15, 0.2) is 18.3 Å². The highest BCUT2D eigenvalue weighted by Gasteiger charge is 2.38. The van der Waals surface area contributed by atoms with Crippen LogP contribution in [0.3, 0.4) is 0 Å². The van der Waals surface area contributed by atoms with Gasteiger partial charge in [0.1, 0.15) is 12.4 Å². The second kappa shape index (κ2) is 5.04. The highest BCUT2D eigenvalue weighted by molar-refractivity contribution is 5.55. The number of aromatic nitrogens is 1. The number of nitrogens with one attached hydrogen (secondary N) is 1. The summed E-state index contributed by atoms with van der Waals surface area (Å²) in [4.78, 5) is 5.49. The molecule has 0 aromatic carbocycles. The summed E-state index contributed by atoms with van der Waals surface area (Å²) in [5.41, 5.74) is 0.584. The minimum atomic E-state index is -4.18. The van der Waals surface area contributed by atoms with Crippen LogP contribution in [0, 0.1) is 0 Å². The monoisotopic (exact) mass is 259 g/mol. The van der Waals surface area contributed by atoms with E-state index in [1.54, 1.807) is 18.3 Å². The lowest BCUT2D eigenvalue weighted by molar-refractivity contribution is -0.120. The van der Waals surface area contributed by atoms with Gasteiger partial charge in [0.15, 0.2) is 0 Å². The molecule has 1 heterocycles. The first-order valence-electron chi connectivity index (χ1n) is 6.03. The van der Waals surface area contributed by atoms with Gasteiger partial charge in [-0.2, -0.15) is 13.2 Å². The van der Waals surface area contributed by atoms with Crippen molar-refractivity contribution in [3.05, 3.63) is 18.3 Å². The third-order valence-corrected chi connectivity index (χ3v) is 2.77. The lowest BCUT2D eigenvalue weighted by atomic mass is 10.3. The molecule has 1 aromatic heterocycles. The molecule has 1 fully saturated rings. The zero-order chi connectivity index (χ0) is 13.2. The number of pyridine rings is 1. The standard InChI is InChI=1S/C12H16F3N3/c1-2-16-11-7-10(5-6-17-11)18(9-3-4-9)8-12(13,14)15/h5-7,9H,2-4,8H2,1H3,(H,16,17). The molecule has 1 aromatic rings. The zero-order valence-corrected chi connectivity index (χ0v) is 10.2. The highest BCUT2D eigenvalue weighted by atomic mass is 19.4. The van der Waals surface area contributed by atoms with Crippen LogP contribution in [0.1, 0.15) is 19.8 Å². The van der Waals surface area contributed by atoms with Gasteiger partial charge in [-0.3, -0.25) is 0 Å². The number of anilines is 2. The maximum absolute atomic E-state index is 12.6. The predicted octanol–water partition coefficient (Wildman–Crippen LogP) is 3.04. The number of halogens is 3. The van der Waals surface area contributed by atoms with Crippen molar-refractivity contribution in [3.8, 4) is 0 Å². The Labute approximate surface area is 104 Å². The molecule has 0 saturated heterocycles. The minimum absolute atomic E-state index is 0.0171. The van der Waals surface area contributed by atoms with E-state index in [4.69, 9.17) is 0 Å². The summed E-state index contributed by atoms with van der Waals surface area (Å²) < 4.78 is 37.7. The van der Waals surface area contributed by atoms with Crippen molar-refractivity contribution in [1.29, 1.82) is 0 Å². The van der Waals surface area contributed by atoms with E-state index in [0.717, 1.165) is 12.8 Å². The Morgan fingerprint density at radius 3 is 2.72 bits per heavy atom. The topological polar surface area (TPSA) is 28.2 Å². The van der Waals surface area contributed by atoms with E-state index in [2.05, 4.69) is 10.3 Å². The quantitative estimate of drug-likeness (QED) is 0.881. The predicted molar refractivity (Wildman–Crippen MR) is 64.8 cm³/mol. The summed E-state index contributed by atoms with van der Waals surface area (Å²) in [5, 5.41) is 3.01. The molecule has 1 aliphatic rings. The van der Waals surface area contributed by atoms with Gasteiger partial charge < -0.3 is 10.2 Å². The zero-order valence-electron chi connectivity index (χ0n) is 10.2. The van der Waals surface area contributed by atoms with Gasteiger partial charge in [-0.15, -0.1) is 0 Å². The summed E-state index contributed by atoms with van der Waals surface area (Å²) in [6.07, 6.45) is -0.979. The average molecular weight is 259 g/mol. The smallest absolute Gasteiger partial charge is 0.370 e. The van der Waals surface area contributed by atoms with E-state index in [1.165, 1.54) is 4.90 Å². The van der Waals surface area contributed by atoms with E-state index < -0.39 is 12.7 Å². The first kappa shape index (κ1) is 13.0. The highest BCUT2D eigenvalue weighted by Crippen LogP contribution is 2.34. The Balaban J connectivity index is 2.17. The molecule has 2 rings (SSSR count). The van der Waals surface area contributed by atoms with Gasteiger partial charge in [0.2, 0.25) is 0 Å². The molecule has 0 unspecified atom stereocenters. The van der Waals surface area contributed by atoms with Gasteiger partial charge in [-0.25, -0.2) is 4.98 Å². The molecule has 1 N–H and O–H groups in total. The number of rotatable bonds is 5. The van der Waals surface area contributed by atoms with Gasteiger partial charge >= 0.3 is 6.18 Å². The molecule has 100 valence electrons. The van der Waals surface area contributed by atoms with Crippen molar-refractivity contribution in [2.24, 2.45) is 0 Å². The normalized spacial score (nSPS) is 15.6. The number of nitrogens with zero attached hydrogens (tertiary/aromatic N) is 2. The fourth-order valence-corrected chi connectivity index (χ4v) is 1.89. The van der Waals surface area contributed by atoms with Crippen LogP contribution < -0.4 is 10.2 Å². The van der Waals surface area contributed by atoms with E-state index in [0.29, 0.717) is 18.1 Å². The SMILES string of the molecule is CCNc1cc(N(CC(F)(F)F)C2CC2)ccn1. The Bertz CT molecular complexity index is 402. The molecule has 18 heavy (non-hydrogen) atoms. The third kappa shape index (κ3) is 3.51. The fraction of sp³-hybridized carbons (Fsp3) is 0.583. The molecule has 1 aliphatic carbocycles. The Morgan fingerprint density at radius 1 is 1.44 bits per heavy atom. The number of hydrogen-bond acceptors (Lipinski definition) is 3. The first-order chi connectivity index (χ1) is 8.49. The summed E-state index contributed by atoms with van der Waals surface area (Å²) in [5.74, 6) is 0.614. The molecule has 1 saturated carbocycles. The maximum atomic E-state index is 12.6. The molecular weight excluding hydrogens is 243 g/mol. The van der Waals surface area contributed by atoms with Crippen LogP contribution in [0.2, 0.25) is 0 Å². The van der Waals surface area contributed by atoms with Crippen LogP contribution >= 0.6 is 0 Å². The third-order valence-electron chi connectivity index (χ3n) is 2.77. The number of hydrogen-bond donors (Lipinski definition) is 1. The summed E-state index contributed by atoms with van der Waals surface area (Å²) in [6.45, 7) is 1.72. The Hall–Kier alpha value is -1.46. The molecular formula is C12H16F3N3. The minimum Gasteiger partial charge on any atom is -0.370 e. The van der Waals surface area contributed by atoms with Crippen molar-refractivity contribution in [3.63, 3.8) is 0 Å². The average Bonchev–Trinajstić information content (AvgIpc) is 3.09. The Morgan fingerprint density at radius 2 is 2.17 bits per heavy atom. The van der Waals surface area contributed by atoms with Crippen LogP contribution in [0.25, 0.3) is 0 Å². The number of alkyl halides is 3. The summed E-state index contributed by atoms with van der Waals surface area (Å²) >= 11 is 0. The maximum Gasteiger partial charge on any atom is 0.405 e. The lowest BCUT2D eigenvalue weighted by Gasteiger charge is -2.26. The molecule has 0 radical (unpaired) electrons. The molecule has 0 atom stereocenters. The van der Waals surface area contributed by atoms with Crippen LogP contribution in [0.5, 0.6) is 0 Å². The molecule has 6 heteroatoms. The lowest BCUT2D eigenvalue weighted by Crippen LogP contribution is -2.36. The van der Waals surface area contributed by atoms with E-state index >= 15 is 0 Å². The van der Waals surface area contributed by atoms with Crippen LogP contribution in [0.4, 0.5) is 24.7 Å². The molecule has 3 nitrogen and oxygen atoms in total. The Kier molecular flexibility index (Phi) is 3.63. The van der Waals surface area contributed by atoms with E-state index in [1.807, 2.05) is 6.92 Å².